The SMILES string of the molecule is CCOC(=O)C1=C(C)N=c2sc(=Cc3cc([N+](=O)[O-])cc(OCC)c3O)c(=O)n2C1c1ccccc1. The van der Waals surface area contributed by atoms with Gasteiger partial charge in [-0.05, 0) is 32.4 Å². The predicted octanol–water partition coefficient (Wildman–Crippen LogP) is 2.81. The highest BCUT2D eigenvalue weighted by Gasteiger charge is 2.33. The van der Waals surface area contributed by atoms with Gasteiger partial charge in [-0.15, -0.1) is 0 Å². The summed E-state index contributed by atoms with van der Waals surface area (Å²) < 4.78 is 12.2. The van der Waals surface area contributed by atoms with Gasteiger partial charge in [-0.2, -0.15) is 0 Å². The summed E-state index contributed by atoms with van der Waals surface area (Å²) >= 11 is 1.05. The largest absolute Gasteiger partial charge is 0.504 e. The Morgan fingerprint density at radius 2 is 1.97 bits per heavy atom. The van der Waals surface area contributed by atoms with Gasteiger partial charge in [0.25, 0.3) is 11.2 Å². The van der Waals surface area contributed by atoms with Crippen molar-refractivity contribution < 1.29 is 24.3 Å². The molecule has 1 atom stereocenters. The number of aromatic nitrogens is 1. The standard InChI is InChI=1S/C25H23N3O7S/c1-4-34-18-13-17(28(32)33)11-16(22(18)29)12-19-23(30)27-21(15-9-7-6-8-10-15)20(24(31)35-5-2)14(3)26-25(27)36-19/h6-13,21,29H,4-5H2,1-3H3. The lowest BCUT2D eigenvalue weighted by Crippen LogP contribution is -2.39. The lowest BCUT2D eigenvalue weighted by molar-refractivity contribution is -0.385. The van der Waals surface area contributed by atoms with Crippen LogP contribution in [-0.2, 0) is 9.53 Å². The molecule has 0 saturated carbocycles. The van der Waals surface area contributed by atoms with Gasteiger partial charge in [-0.25, -0.2) is 9.79 Å². The maximum atomic E-state index is 13.6. The molecule has 0 fully saturated rings. The number of hydrogen-bond donors (Lipinski definition) is 1. The van der Waals surface area contributed by atoms with Crippen LogP contribution in [-0.4, -0.2) is 33.8 Å². The Morgan fingerprint density at radius 1 is 1.25 bits per heavy atom. The summed E-state index contributed by atoms with van der Waals surface area (Å²) in [5.74, 6) is -0.954. The average Bonchev–Trinajstić information content (AvgIpc) is 3.15. The number of esters is 1. The number of ether oxygens (including phenoxy) is 2. The van der Waals surface area contributed by atoms with Crippen LogP contribution < -0.4 is 19.6 Å². The minimum absolute atomic E-state index is 0.0514. The predicted molar refractivity (Wildman–Crippen MR) is 133 cm³/mol. The number of carbonyl (C=O) groups is 1. The molecule has 1 unspecified atom stereocenters. The third-order valence-corrected chi connectivity index (χ3v) is 6.50. The van der Waals surface area contributed by atoms with Crippen molar-refractivity contribution >= 4 is 29.1 Å². The fourth-order valence-corrected chi connectivity index (χ4v) is 5.02. The number of non-ortho nitro benzene ring substituents is 1. The van der Waals surface area contributed by atoms with Gasteiger partial charge in [-0.1, -0.05) is 41.7 Å². The van der Waals surface area contributed by atoms with Gasteiger partial charge >= 0.3 is 5.97 Å². The lowest BCUT2D eigenvalue weighted by atomic mass is 9.96. The van der Waals surface area contributed by atoms with E-state index < -0.39 is 22.5 Å². The number of aromatic hydroxyl groups is 1. The zero-order valence-electron chi connectivity index (χ0n) is 19.8. The number of thiazole rings is 1. The summed E-state index contributed by atoms with van der Waals surface area (Å²) in [7, 11) is 0. The third-order valence-electron chi connectivity index (χ3n) is 5.52. The minimum atomic E-state index is -0.777. The number of benzene rings is 2. The van der Waals surface area contributed by atoms with Crippen LogP contribution in [0.5, 0.6) is 11.5 Å². The smallest absolute Gasteiger partial charge is 0.338 e. The topological polar surface area (TPSA) is 133 Å². The zero-order chi connectivity index (χ0) is 26.0. The van der Waals surface area contributed by atoms with Crippen molar-refractivity contribution in [3.8, 4) is 11.5 Å². The second-order valence-corrected chi connectivity index (χ2v) is 8.79. The van der Waals surface area contributed by atoms with Crippen LogP contribution in [0.25, 0.3) is 6.08 Å². The average molecular weight is 510 g/mol. The van der Waals surface area contributed by atoms with Crippen LogP contribution in [0, 0.1) is 10.1 Å². The number of carbonyl (C=O) groups excluding carboxylic acids is 1. The molecule has 0 bridgehead atoms. The highest BCUT2D eigenvalue weighted by atomic mass is 32.1. The number of hydrogen-bond acceptors (Lipinski definition) is 9. The van der Waals surface area contributed by atoms with E-state index in [0.29, 0.717) is 16.1 Å². The van der Waals surface area contributed by atoms with Gasteiger partial charge in [0.2, 0.25) is 0 Å². The summed E-state index contributed by atoms with van der Waals surface area (Å²) in [5, 5.41) is 22.1. The van der Waals surface area contributed by atoms with E-state index in [1.165, 1.54) is 16.7 Å². The summed E-state index contributed by atoms with van der Waals surface area (Å²) in [6.07, 6.45) is 1.36. The molecule has 4 rings (SSSR count). The van der Waals surface area contributed by atoms with E-state index >= 15 is 0 Å². The van der Waals surface area contributed by atoms with Crippen molar-refractivity contribution in [2.45, 2.75) is 26.8 Å². The first kappa shape index (κ1) is 24.9. The van der Waals surface area contributed by atoms with Crippen molar-refractivity contribution in [2.75, 3.05) is 13.2 Å². The van der Waals surface area contributed by atoms with Crippen molar-refractivity contribution in [2.24, 2.45) is 4.99 Å². The molecule has 0 saturated heterocycles. The first-order chi connectivity index (χ1) is 17.3. The van der Waals surface area contributed by atoms with Gasteiger partial charge in [-0.3, -0.25) is 19.5 Å². The molecule has 0 amide bonds. The van der Waals surface area contributed by atoms with E-state index in [2.05, 4.69) is 4.99 Å². The molecule has 2 aromatic carbocycles. The van der Waals surface area contributed by atoms with Crippen molar-refractivity contribution in [1.29, 1.82) is 0 Å². The maximum absolute atomic E-state index is 13.6. The quantitative estimate of drug-likeness (QED) is 0.294. The highest BCUT2D eigenvalue weighted by Crippen LogP contribution is 2.35. The monoisotopic (exact) mass is 509 g/mol. The number of allylic oxidation sites excluding steroid dienone is 1. The first-order valence-corrected chi connectivity index (χ1v) is 12.0. The molecule has 0 aliphatic carbocycles. The fourth-order valence-electron chi connectivity index (χ4n) is 3.98. The van der Waals surface area contributed by atoms with Crippen LogP contribution in [0.4, 0.5) is 5.69 Å². The molecule has 186 valence electrons. The molecule has 36 heavy (non-hydrogen) atoms. The molecule has 11 heteroatoms. The van der Waals surface area contributed by atoms with Gasteiger partial charge in [0.15, 0.2) is 16.3 Å². The third kappa shape index (κ3) is 4.52. The summed E-state index contributed by atoms with van der Waals surface area (Å²) in [5.41, 5.74) is 0.657. The van der Waals surface area contributed by atoms with E-state index in [1.807, 2.05) is 6.07 Å². The summed E-state index contributed by atoms with van der Waals surface area (Å²) in [6.45, 7) is 5.41. The molecular weight excluding hydrogens is 486 g/mol. The Kier molecular flexibility index (Phi) is 7.02. The second-order valence-electron chi connectivity index (χ2n) is 7.78. The fraction of sp³-hybridized carbons (Fsp3) is 0.240. The number of nitro benzene ring substituents is 1. The first-order valence-electron chi connectivity index (χ1n) is 11.2. The van der Waals surface area contributed by atoms with Crippen LogP contribution in [0.15, 0.2) is 63.5 Å². The van der Waals surface area contributed by atoms with E-state index in [0.717, 1.165) is 17.4 Å². The molecule has 1 N–H and O–H groups in total. The Balaban J connectivity index is 1.97. The number of nitro groups is 1. The van der Waals surface area contributed by atoms with Crippen molar-refractivity contribution in [3.63, 3.8) is 0 Å². The number of nitrogens with zero attached hydrogens (tertiary/aromatic N) is 3. The number of phenols is 1. The number of fused-ring (bicyclic) bond motifs is 1. The molecule has 2 heterocycles. The molecular formula is C25H23N3O7S. The number of rotatable bonds is 7. The Morgan fingerprint density at radius 3 is 2.61 bits per heavy atom. The molecule has 0 spiro atoms. The normalized spacial score (nSPS) is 15.3. The van der Waals surface area contributed by atoms with Crippen molar-refractivity contribution in [1.82, 2.24) is 4.57 Å². The molecule has 1 aliphatic heterocycles. The molecule has 3 aromatic rings. The van der Waals surface area contributed by atoms with Crippen molar-refractivity contribution in [3.05, 3.63) is 94.7 Å². The lowest BCUT2D eigenvalue weighted by Gasteiger charge is -2.24. The van der Waals surface area contributed by atoms with E-state index in [9.17, 15) is 24.8 Å². The van der Waals surface area contributed by atoms with Gasteiger partial charge < -0.3 is 14.6 Å². The van der Waals surface area contributed by atoms with Gasteiger partial charge in [0.05, 0.1) is 46.0 Å². The Labute approximate surface area is 209 Å². The van der Waals surface area contributed by atoms with E-state index in [-0.39, 0.29) is 46.1 Å². The second kappa shape index (κ2) is 10.2. The highest BCUT2D eigenvalue weighted by molar-refractivity contribution is 7.07. The van der Waals surface area contributed by atoms with Gasteiger partial charge in [0, 0.05) is 11.6 Å². The maximum Gasteiger partial charge on any atom is 0.338 e. The van der Waals surface area contributed by atoms with E-state index in [4.69, 9.17) is 9.47 Å². The molecule has 1 aromatic heterocycles. The molecule has 10 nitrogen and oxygen atoms in total. The van der Waals surface area contributed by atoms with Crippen LogP contribution in [0.1, 0.15) is 37.9 Å². The Hall–Kier alpha value is -4.25. The molecule has 0 radical (unpaired) electrons. The van der Waals surface area contributed by atoms with Gasteiger partial charge in [0.1, 0.15) is 0 Å². The van der Waals surface area contributed by atoms with Crippen LogP contribution >= 0.6 is 11.3 Å². The summed E-state index contributed by atoms with van der Waals surface area (Å²) in [4.78, 5) is 42.2. The number of phenolic OH excluding ortho intramolecular Hbond substituents is 1. The van der Waals surface area contributed by atoms with Crippen LogP contribution in [0.3, 0.4) is 0 Å². The zero-order valence-corrected chi connectivity index (χ0v) is 20.6. The minimum Gasteiger partial charge on any atom is -0.504 e. The van der Waals surface area contributed by atoms with E-state index in [1.54, 1.807) is 45.0 Å². The Bertz CT molecular complexity index is 1550. The van der Waals surface area contributed by atoms with Crippen LogP contribution in [0.2, 0.25) is 0 Å². The molecule has 1 aliphatic rings. The summed E-state index contributed by atoms with van der Waals surface area (Å²) in [6, 6.07) is 10.6.